The molecule has 1 atom stereocenters. The van der Waals surface area contributed by atoms with Crippen LogP contribution in [0.3, 0.4) is 0 Å². The third-order valence-electron chi connectivity index (χ3n) is 3.34. The minimum Gasteiger partial charge on any atom is -0.356 e. The Hall–Kier alpha value is -2.29. The molecule has 2 rings (SSSR count). The van der Waals surface area contributed by atoms with Gasteiger partial charge in [0.1, 0.15) is 17.8 Å². The molecule has 0 saturated carbocycles. The molecule has 2 heterocycles. The van der Waals surface area contributed by atoms with Gasteiger partial charge in [-0.15, -0.1) is 0 Å². The third kappa shape index (κ3) is 2.76. The molecule has 6 heteroatoms. The lowest BCUT2D eigenvalue weighted by Crippen LogP contribution is -2.46. The topological polar surface area (TPSA) is 89.0 Å². The van der Waals surface area contributed by atoms with Crippen molar-refractivity contribution in [1.29, 1.82) is 5.26 Å². The number of H-pyrrole nitrogens is 1. The average Bonchev–Trinajstić information content (AvgIpc) is 2.80. The van der Waals surface area contributed by atoms with Crippen LogP contribution in [-0.2, 0) is 4.79 Å². The number of aromatic nitrogens is 1. The molecule has 2 N–H and O–H groups in total. The molecule has 1 aliphatic heterocycles. The van der Waals surface area contributed by atoms with Crippen LogP contribution >= 0.6 is 0 Å². The molecule has 0 spiro atoms. The highest BCUT2D eigenvalue weighted by Crippen LogP contribution is 2.14. The maximum absolute atomic E-state index is 12.2. The fraction of sp³-hybridized carbons (Fsp3) is 0.462. The van der Waals surface area contributed by atoms with Crippen molar-refractivity contribution in [2.75, 3.05) is 13.6 Å². The van der Waals surface area contributed by atoms with Crippen LogP contribution in [0.1, 0.15) is 35.3 Å². The first-order valence-corrected chi connectivity index (χ1v) is 6.27. The molecule has 1 aliphatic rings. The van der Waals surface area contributed by atoms with E-state index in [1.807, 2.05) is 6.07 Å². The van der Waals surface area contributed by atoms with Gasteiger partial charge in [-0.1, -0.05) is 0 Å². The first kappa shape index (κ1) is 13.1. The molecular formula is C13H16N4O2. The van der Waals surface area contributed by atoms with Gasteiger partial charge in [-0.25, -0.2) is 0 Å². The van der Waals surface area contributed by atoms with E-state index in [4.69, 9.17) is 5.26 Å². The number of aromatic amines is 1. The number of hydrogen-bond acceptors (Lipinski definition) is 3. The van der Waals surface area contributed by atoms with E-state index in [1.54, 1.807) is 7.05 Å². The predicted octanol–water partition coefficient (Wildman–Crippen LogP) is 0.627. The lowest BCUT2D eigenvalue weighted by atomic mass is 10.1. The van der Waals surface area contributed by atoms with E-state index in [1.165, 1.54) is 17.2 Å². The summed E-state index contributed by atoms with van der Waals surface area (Å²) >= 11 is 0. The van der Waals surface area contributed by atoms with Crippen molar-refractivity contribution in [3.63, 3.8) is 0 Å². The number of likely N-dealkylation sites (N-methyl/N-ethyl adjacent to an activating group) is 1. The number of amides is 2. The summed E-state index contributed by atoms with van der Waals surface area (Å²) in [5.41, 5.74) is 0.734. The fourth-order valence-corrected chi connectivity index (χ4v) is 2.21. The van der Waals surface area contributed by atoms with Gasteiger partial charge in [-0.3, -0.25) is 9.59 Å². The maximum atomic E-state index is 12.2. The first-order valence-electron chi connectivity index (χ1n) is 6.27. The lowest BCUT2D eigenvalue weighted by molar-refractivity contribution is -0.125. The Labute approximate surface area is 111 Å². The van der Waals surface area contributed by atoms with Gasteiger partial charge < -0.3 is 15.2 Å². The monoisotopic (exact) mass is 260 g/mol. The molecule has 1 saturated heterocycles. The molecule has 1 fully saturated rings. The van der Waals surface area contributed by atoms with Gasteiger partial charge in [-0.2, -0.15) is 5.26 Å². The molecular weight excluding hydrogens is 244 g/mol. The highest BCUT2D eigenvalue weighted by molar-refractivity contribution is 5.96. The Balaban J connectivity index is 2.13. The summed E-state index contributed by atoms with van der Waals surface area (Å²) in [7, 11) is 1.62. The summed E-state index contributed by atoms with van der Waals surface area (Å²) in [6.45, 7) is 0.665. The van der Waals surface area contributed by atoms with Crippen molar-refractivity contribution >= 4 is 11.8 Å². The molecule has 0 bridgehead atoms. The van der Waals surface area contributed by atoms with E-state index in [0.717, 1.165) is 12.8 Å². The van der Waals surface area contributed by atoms with E-state index in [-0.39, 0.29) is 11.8 Å². The summed E-state index contributed by atoms with van der Waals surface area (Å²) in [5.74, 6) is -0.385. The zero-order valence-electron chi connectivity index (χ0n) is 10.8. The standard InChI is InChI=1S/C13H16N4O2/c1-17(11-4-2-3-5-15-12(11)18)13(19)10-6-9(7-14)8-16-10/h6,8,11,16H,2-5H2,1H3,(H,15,18). The number of rotatable bonds is 2. The molecule has 0 aromatic carbocycles. The molecule has 1 aromatic rings. The van der Waals surface area contributed by atoms with Crippen molar-refractivity contribution in [2.24, 2.45) is 0 Å². The second-order valence-corrected chi connectivity index (χ2v) is 4.63. The van der Waals surface area contributed by atoms with Gasteiger partial charge in [0.05, 0.1) is 5.56 Å². The molecule has 6 nitrogen and oxygen atoms in total. The van der Waals surface area contributed by atoms with Crippen molar-refractivity contribution in [3.8, 4) is 6.07 Å². The number of nitrogens with zero attached hydrogens (tertiary/aromatic N) is 2. The van der Waals surface area contributed by atoms with Gasteiger partial charge in [0, 0.05) is 19.8 Å². The van der Waals surface area contributed by atoms with Crippen LogP contribution in [0, 0.1) is 11.3 Å². The van der Waals surface area contributed by atoms with Gasteiger partial charge in [0.2, 0.25) is 5.91 Å². The van der Waals surface area contributed by atoms with Gasteiger partial charge >= 0.3 is 0 Å². The second-order valence-electron chi connectivity index (χ2n) is 4.63. The molecule has 0 aliphatic carbocycles. The summed E-state index contributed by atoms with van der Waals surface area (Å²) in [4.78, 5) is 28.3. The zero-order valence-corrected chi connectivity index (χ0v) is 10.8. The fourth-order valence-electron chi connectivity index (χ4n) is 2.21. The number of carbonyl (C=O) groups excluding carboxylic acids is 2. The normalized spacial score (nSPS) is 19.2. The molecule has 100 valence electrons. The summed E-state index contributed by atoms with van der Waals surface area (Å²) < 4.78 is 0. The smallest absolute Gasteiger partial charge is 0.270 e. The van der Waals surface area contributed by atoms with Crippen LogP contribution in [0.2, 0.25) is 0 Å². The zero-order chi connectivity index (χ0) is 13.8. The van der Waals surface area contributed by atoms with Crippen LogP contribution in [0.25, 0.3) is 0 Å². The predicted molar refractivity (Wildman–Crippen MR) is 68.2 cm³/mol. The number of nitrogens with one attached hydrogen (secondary N) is 2. The van der Waals surface area contributed by atoms with Crippen molar-refractivity contribution in [1.82, 2.24) is 15.2 Å². The largest absolute Gasteiger partial charge is 0.356 e. The van der Waals surface area contributed by atoms with Crippen LogP contribution in [0.5, 0.6) is 0 Å². The second kappa shape index (κ2) is 5.57. The van der Waals surface area contributed by atoms with Crippen molar-refractivity contribution in [2.45, 2.75) is 25.3 Å². The van der Waals surface area contributed by atoms with Gasteiger partial charge in [0.15, 0.2) is 0 Å². The first-order chi connectivity index (χ1) is 9.13. The van der Waals surface area contributed by atoms with E-state index in [9.17, 15) is 9.59 Å². The number of carbonyl (C=O) groups is 2. The Morgan fingerprint density at radius 1 is 1.53 bits per heavy atom. The molecule has 0 radical (unpaired) electrons. The van der Waals surface area contributed by atoms with Crippen LogP contribution in [-0.4, -0.2) is 41.3 Å². The average molecular weight is 260 g/mol. The Kier molecular flexibility index (Phi) is 3.85. The van der Waals surface area contributed by atoms with Crippen LogP contribution in [0.15, 0.2) is 12.3 Å². The molecule has 1 unspecified atom stereocenters. The molecule has 19 heavy (non-hydrogen) atoms. The SMILES string of the molecule is CN(C(=O)c1cc(C#N)c[nH]1)C1CCCCNC1=O. The summed E-state index contributed by atoms with van der Waals surface area (Å²) in [6, 6.07) is 3.01. The highest BCUT2D eigenvalue weighted by atomic mass is 16.2. The Morgan fingerprint density at radius 3 is 3.00 bits per heavy atom. The summed E-state index contributed by atoms with van der Waals surface area (Å²) in [6.07, 6.45) is 3.99. The Bertz CT molecular complexity index is 529. The minimum absolute atomic E-state index is 0.111. The van der Waals surface area contributed by atoms with E-state index in [2.05, 4.69) is 10.3 Å². The minimum atomic E-state index is -0.441. The number of hydrogen-bond donors (Lipinski definition) is 2. The van der Waals surface area contributed by atoms with E-state index < -0.39 is 6.04 Å². The van der Waals surface area contributed by atoms with Crippen molar-refractivity contribution in [3.05, 3.63) is 23.5 Å². The van der Waals surface area contributed by atoms with Crippen LogP contribution < -0.4 is 5.32 Å². The number of nitriles is 1. The quantitative estimate of drug-likeness (QED) is 0.817. The highest BCUT2D eigenvalue weighted by Gasteiger charge is 2.29. The van der Waals surface area contributed by atoms with Crippen molar-refractivity contribution < 1.29 is 9.59 Å². The lowest BCUT2D eigenvalue weighted by Gasteiger charge is -2.25. The van der Waals surface area contributed by atoms with Gasteiger partial charge in [0.25, 0.3) is 5.91 Å². The van der Waals surface area contributed by atoms with E-state index in [0.29, 0.717) is 24.2 Å². The third-order valence-corrected chi connectivity index (χ3v) is 3.34. The summed E-state index contributed by atoms with van der Waals surface area (Å²) in [5, 5.41) is 11.5. The maximum Gasteiger partial charge on any atom is 0.270 e. The van der Waals surface area contributed by atoms with E-state index >= 15 is 0 Å². The van der Waals surface area contributed by atoms with Crippen LogP contribution in [0.4, 0.5) is 0 Å². The van der Waals surface area contributed by atoms with Gasteiger partial charge in [-0.05, 0) is 25.3 Å². The molecule has 2 amide bonds. The Morgan fingerprint density at radius 2 is 2.32 bits per heavy atom. The molecule has 1 aromatic heterocycles.